The second-order valence-corrected chi connectivity index (χ2v) is 4.18. The lowest BCUT2D eigenvalue weighted by molar-refractivity contribution is -0.138. The number of amidine groups is 1. The van der Waals surface area contributed by atoms with E-state index in [-0.39, 0.29) is 11.7 Å². The minimum absolute atomic E-state index is 0.0657. The van der Waals surface area contributed by atoms with E-state index in [0.717, 1.165) is 5.01 Å². The van der Waals surface area contributed by atoms with Crippen LogP contribution in [0, 0.1) is 0 Å². The maximum absolute atomic E-state index is 9.98. The fourth-order valence-corrected chi connectivity index (χ4v) is 1.92. The van der Waals surface area contributed by atoms with Crippen molar-refractivity contribution in [1.82, 2.24) is 5.01 Å². The molecule has 0 aromatic heterocycles. The predicted octanol–water partition coefficient (Wildman–Crippen LogP) is -1.81. The van der Waals surface area contributed by atoms with Crippen molar-refractivity contribution in [3.8, 4) is 0 Å². The van der Waals surface area contributed by atoms with Gasteiger partial charge in [-0.25, -0.2) is 10.0 Å². The number of hydrogen-bond acceptors (Lipinski definition) is 9. The van der Waals surface area contributed by atoms with Gasteiger partial charge < -0.3 is 25.8 Å². The summed E-state index contributed by atoms with van der Waals surface area (Å²) >= 11 is 0. The number of nitrogens with zero attached hydrogens (tertiary/aromatic N) is 6. The molecule has 11 nitrogen and oxygen atoms in total. The van der Waals surface area contributed by atoms with Crippen molar-refractivity contribution in [3.63, 3.8) is 0 Å². The predicted molar refractivity (Wildman–Crippen MR) is 66.9 cm³/mol. The fraction of sp³-hybridized carbons (Fsp3) is 0.556. The molecule has 5 N–H and O–H groups in total. The summed E-state index contributed by atoms with van der Waals surface area (Å²) in [5.41, 5.74) is 11.9. The number of rotatable bonds is 3. The molecular weight excluding hydrogens is 270 g/mol. The molecule has 11 heteroatoms. The maximum atomic E-state index is 9.98. The Kier molecular flexibility index (Phi) is 3.61. The first-order valence-corrected chi connectivity index (χ1v) is 5.52. The van der Waals surface area contributed by atoms with Crippen LogP contribution in [0.15, 0.2) is 27.6 Å². The molecule has 20 heavy (non-hydrogen) atoms. The first-order valence-electron chi connectivity index (χ1n) is 5.52. The van der Waals surface area contributed by atoms with Crippen LogP contribution in [-0.2, 0) is 4.74 Å². The van der Waals surface area contributed by atoms with Crippen molar-refractivity contribution in [2.75, 3.05) is 6.61 Å². The highest BCUT2D eigenvalue weighted by atomic mass is 16.6. The molecule has 0 radical (unpaired) electrons. The number of aliphatic hydroxyl groups excluding tert-OH is 3. The molecule has 2 aliphatic heterocycles. The van der Waals surface area contributed by atoms with Gasteiger partial charge in [0.1, 0.15) is 23.9 Å². The number of nitrogens with two attached hydrogens (primary N) is 1. The summed E-state index contributed by atoms with van der Waals surface area (Å²) < 4.78 is 5.28. The van der Waals surface area contributed by atoms with E-state index in [1.807, 2.05) is 0 Å². The van der Waals surface area contributed by atoms with E-state index in [9.17, 15) is 15.3 Å². The Balaban J connectivity index is 2.30. The van der Waals surface area contributed by atoms with Crippen molar-refractivity contribution in [2.45, 2.75) is 24.2 Å². The largest absolute Gasteiger partial charge is 0.393 e. The first kappa shape index (κ1) is 14.2. The minimum Gasteiger partial charge on any atom is -0.393 e. The number of ether oxygens (including phenoxy) is 1. The quantitative estimate of drug-likeness (QED) is 0.270. The van der Waals surface area contributed by atoms with E-state index < -0.39 is 30.8 Å². The molecule has 4 atom stereocenters. The fourth-order valence-electron chi connectivity index (χ4n) is 1.92. The average Bonchev–Trinajstić information content (AvgIpc) is 2.65. The van der Waals surface area contributed by atoms with Gasteiger partial charge >= 0.3 is 0 Å². The van der Waals surface area contributed by atoms with E-state index >= 15 is 0 Å². The summed E-state index contributed by atoms with van der Waals surface area (Å²) in [5.74, 6) is 0.179. The first-order chi connectivity index (χ1) is 9.45. The van der Waals surface area contributed by atoms with Crippen LogP contribution in [0.4, 0.5) is 0 Å². The van der Waals surface area contributed by atoms with E-state index in [4.69, 9.17) is 16.0 Å². The molecule has 2 rings (SSSR count). The second kappa shape index (κ2) is 5.07. The van der Waals surface area contributed by atoms with E-state index in [0.29, 0.717) is 0 Å². The summed E-state index contributed by atoms with van der Waals surface area (Å²) in [5, 5.41) is 37.3. The average molecular weight is 283 g/mol. The molecule has 2 aliphatic rings. The number of aliphatic imine (C=N–C) groups is 1. The van der Waals surface area contributed by atoms with Gasteiger partial charge in [0.05, 0.1) is 12.8 Å². The summed E-state index contributed by atoms with van der Waals surface area (Å²) in [6.07, 6.45) is -3.18. The molecule has 0 aliphatic carbocycles. The highest BCUT2D eigenvalue weighted by Gasteiger charge is 2.56. The van der Waals surface area contributed by atoms with E-state index in [2.05, 4.69) is 26.7 Å². The van der Waals surface area contributed by atoms with Gasteiger partial charge in [-0.15, -0.1) is 0 Å². The molecular formula is C9H13N7O4. The third kappa shape index (κ3) is 2.09. The minimum atomic E-state index is -2.00. The Morgan fingerprint density at radius 3 is 2.90 bits per heavy atom. The molecule has 0 aromatic rings. The van der Waals surface area contributed by atoms with Crippen molar-refractivity contribution >= 4 is 12.1 Å². The van der Waals surface area contributed by atoms with Crippen LogP contribution >= 0.6 is 0 Å². The van der Waals surface area contributed by atoms with Crippen LogP contribution < -0.4 is 5.73 Å². The smallest absolute Gasteiger partial charge is 0.200 e. The number of aliphatic hydroxyl groups is 3. The van der Waals surface area contributed by atoms with E-state index in [1.54, 1.807) is 0 Å². The standard InChI is InChI=1S/C9H13N7O4/c1-4-13-5(10)2-12-16(4)8-6(18)7(19)9(3-17,20-8)14-15-11/h2,6-8,17-19H,1,3H2,(H2,10,13). The van der Waals surface area contributed by atoms with Crippen LogP contribution in [0.1, 0.15) is 0 Å². The van der Waals surface area contributed by atoms with Crippen LogP contribution in [-0.4, -0.2) is 63.1 Å². The third-order valence-corrected chi connectivity index (χ3v) is 2.92. The van der Waals surface area contributed by atoms with Gasteiger partial charge in [-0.3, -0.25) is 0 Å². The lowest BCUT2D eigenvalue weighted by atomic mass is 10.1. The van der Waals surface area contributed by atoms with Crippen molar-refractivity contribution in [2.24, 2.45) is 20.9 Å². The third-order valence-electron chi connectivity index (χ3n) is 2.92. The van der Waals surface area contributed by atoms with Gasteiger partial charge in [-0.2, -0.15) is 5.10 Å². The van der Waals surface area contributed by atoms with Gasteiger partial charge in [-0.1, -0.05) is 11.7 Å². The molecule has 0 bridgehead atoms. The molecule has 2 heterocycles. The SMILES string of the molecule is C=C1N=C(N)C=NN1C1OC(CO)(N=[N+]=[N-])C(O)C1O. The van der Waals surface area contributed by atoms with Gasteiger partial charge in [0.2, 0.25) is 5.72 Å². The molecule has 108 valence electrons. The lowest BCUT2D eigenvalue weighted by Crippen LogP contribution is -2.44. The molecule has 4 unspecified atom stereocenters. The summed E-state index contributed by atoms with van der Waals surface area (Å²) in [7, 11) is 0. The normalized spacial score (nSPS) is 36.8. The van der Waals surface area contributed by atoms with Crippen molar-refractivity contribution in [1.29, 1.82) is 0 Å². The van der Waals surface area contributed by atoms with Gasteiger partial charge in [-0.05, 0) is 5.53 Å². The van der Waals surface area contributed by atoms with Crippen LogP contribution in [0.3, 0.4) is 0 Å². The molecule has 0 aromatic carbocycles. The Hall–Kier alpha value is -2.17. The Bertz CT molecular complexity index is 528. The second-order valence-electron chi connectivity index (χ2n) is 4.18. The Morgan fingerprint density at radius 1 is 1.65 bits per heavy atom. The molecule has 1 fully saturated rings. The lowest BCUT2D eigenvalue weighted by Gasteiger charge is -2.29. The summed E-state index contributed by atoms with van der Waals surface area (Å²) in [6.45, 7) is 2.76. The van der Waals surface area contributed by atoms with Gasteiger partial charge in [0.25, 0.3) is 0 Å². The Labute approximate surface area is 112 Å². The maximum Gasteiger partial charge on any atom is 0.200 e. The molecule has 1 saturated heterocycles. The van der Waals surface area contributed by atoms with Gasteiger partial charge in [0, 0.05) is 4.91 Å². The Morgan fingerprint density at radius 2 is 2.35 bits per heavy atom. The number of azide groups is 1. The zero-order chi connectivity index (χ0) is 14.9. The monoisotopic (exact) mass is 283 g/mol. The summed E-state index contributed by atoms with van der Waals surface area (Å²) in [4.78, 5) is 6.32. The highest BCUT2D eigenvalue weighted by Crippen LogP contribution is 2.35. The molecule has 0 saturated carbocycles. The molecule has 0 amide bonds. The highest BCUT2D eigenvalue weighted by molar-refractivity contribution is 6.29. The van der Waals surface area contributed by atoms with Crippen molar-refractivity contribution in [3.05, 3.63) is 22.8 Å². The zero-order valence-corrected chi connectivity index (χ0v) is 10.2. The molecule has 0 spiro atoms. The van der Waals surface area contributed by atoms with Crippen LogP contribution in [0.25, 0.3) is 10.4 Å². The number of hydrazone groups is 1. The van der Waals surface area contributed by atoms with Crippen molar-refractivity contribution < 1.29 is 20.1 Å². The van der Waals surface area contributed by atoms with Gasteiger partial charge in [0.15, 0.2) is 6.23 Å². The number of hydrogen-bond donors (Lipinski definition) is 4. The van der Waals surface area contributed by atoms with E-state index in [1.165, 1.54) is 6.21 Å². The summed E-state index contributed by atoms with van der Waals surface area (Å²) in [6, 6.07) is 0. The van der Waals surface area contributed by atoms with Crippen LogP contribution in [0.2, 0.25) is 0 Å². The zero-order valence-electron chi connectivity index (χ0n) is 10.2. The van der Waals surface area contributed by atoms with Crippen LogP contribution in [0.5, 0.6) is 0 Å². The topological polar surface area (TPSA) is 173 Å².